The molecule has 0 radical (unpaired) electrons. The first-order chi connectivity index (χ1) is 9.79. The van der Waals surface area contributed by atoms with E-state index >= 15 is 0 Å². The van der Waals surface area contributed by atoms with Crippen molar-refractivity contribution in [3.63, 3.8) is 0 Å². The van der Waals surface area contributed by atoms with Gasteiger partial charge in [0, 0.05) is 24.7 Å². The van der Waals surface area contributed by atoms with E-state index in [2.05, 4.69) is 24.1 Å². The van der Waals surface area contributed by atoms with Crippen LogP contribution < -0.4 is 5.32 Å². The molecule has 0 aromatic rings. The summed E-state index contributed by atoms with van der Waals surface area (Å²) in [4.78, 5) is 2.84. The van der Waals surface area contributed by atoms with Gasteiger partial charge in [0.2, 0.25) is 0 Å². The van der Waals surface area contributed by atoms with Gasteiger partial charge in [-0.2, -0.15) is 0 Å². The van der Waals surface area contributed by atoms with Crippen molar-refractivity contribution in [1.82, 2.24) is 10.2 Å². The zero-order chi connectivity index (χ0) is 13.9. The topological polar surface area (TPSA) is 24.5 Å². The molecule has 3 nitrogen and oxygen atoms in total. The van der Waals surface area contributed by atoms with Crippen LogP contribution >= 0.6 is 0 Å². The molecule has 1 aliphatic heterocycles. The second-order valence-corrected chi connectivity index (χ2v) is 7.19. The maximum Gasteiger partial charge on any atom is 0.0731 e. The highest BCUT2D eigenvalue weighted by molar-refractivity contribution is 4.98. The highest BCUT2D eigenvalue weighted by Crippen LogP contribution is 2.36. The second-order valence-electron chi connectivity index (χ2n) is 7.19. The Bertz CT molecular complexity index is 307. The summed E-state index contributed by atoms with van der Waals surface area (Å²) in [5.74, 6) is 0.891. The van der Waals surface area contributed by atoms with Gasteiger partial charge in [-0.05, 0) is 57.4 Å². The minimum Gasteiger partial charge on any atom is -0.375 e. The first kappa shape index (κ1) is 14.8. The van der Waals surface area contributed by atoms with E-state index in [-0.39, 0.29) is 0 Å². The van der Waals surface area contributed by atoms with Crippen molar-refractivity contribution in [3.8, 4) is 0 Å². The van der Waals surface area contributed by atoms with Crippen LogP contribution in [-0.4, -0.2) is 48.8 Å². The van der Waals surface area contributed by atoms with Crippen molar-refractivity contribution in [2.75, 3.05) is 19.7 Å². The molecule has 3 heteroatoms. The largest absolute Gasteiger partial charge is 0.375 e. The molecule has 0 amide bonds. The summed E-state index contributed by atoms with van der Waals surface area (Å²) in [5.41, 5.74) is 0. The van der Waals surface area contributed by atoms with E-state index in [1.54, 1.807) is 0 Å². The van der Waals surface area contributed by atoms with Gasteiger partial charge in [0.05, 0.1) is 12.7 Å². The van der Waals surface area contributed by atoms with Crippen LogP contribution in [0.2, 0.25) is 0 Å². The summed E-state index contributed by atoms with van der Waals surface area (Å²) in [6, 6.07) is 2.18. The summed E-state index contributed by atoms with van der Waals surface area (Å²) < 4.78 is 6.00. The number of hydrogen-bond donors (Lipinski definition) is 1. The minimum atomic E-state index is 0.535. The molecule has 0 bridgehead atoms. The van der Waals surface area contributed by atoms with Crippen molar-refractivity contribution in [2.45, 2.75) is 83.0 Å². The van der Waals surface area contributed by atoms with Crippen LogP contribution in [0.5, 0.6) is 0 Å². The fourth-order valence-corrected chi connectivity index (χ4v) is 4.65. The average molecular weight is 280 g/mol. The monoisotopic (exact) mass is 280 g/mol. The summed E-state index contributed by atoms with van der Waals surface area (Å²) in [7, 11) is 0. The molecule has 3 rings (SSSR count). The molecular weight excluding hydrogens is 248 g/mol. The van der Waals surface area contributed by atoms with Crippen molar-refractivity contribution >= 4 is 0 Å². The number of hydrogen-bond acceptors (Lipinski definition) is 3. The summed E-state index contributed by atoms with van der Waals surface area (Å²) >= 11 is 0. The van der Waals surface area contributed by atoms with Gasteiger partial charge in [-0.15, -0.1) is 0 Å². The molecule has 0 spiro atoms. The Morgan fingerprint density at radius 2 is 2.05 bits per heavy atom. The Kier molecular flexibility index (Phi) is 5.00. The third-order valence-electron chi connectivity index (χ3n) is 5.69. The molecule has 116 valence electrons. The lowest BCUT2D eigenvalue weighted by Crippen LogP contribution is -2.60. The molecule has 2 saturated carbocycles. The lowest BCUT2D eigenvalue weighted by atomic mass is 9.81. The van der Waals surface area contributed by atoms with Gasteiger partial charge in [0.25, 0.3) is 0 Å². The van der Waals surface area contributed by atoms with Crippen LogP contribution in [0.15, 0.2) is 0 Å². The summed E-state index contributed by atoms with van der Waals surface area (Å²) in [6.07, 6.45) is 9.93. The molecule has 5 unspecified atom stereocenters. The lowest BCUT2D eigenvalue weighted by Gasteiger charge is -2.48. The van der Waals surface area contributed by atoms with Gasteiger partial charge in [0.15, 0.2) is 0 Å². The van der Waals surface area contributed by atoms with E-state index in [0.717, 1.165) is 25.1 Å². The quantitative estimate of drug-likeness (QED) is 0.857. The Morgan fingerprint density at radius 1 is 1.15 bits per heavy atom. The third-order valence-corrected chi connectivity index (χ3v) is 5.69. The van der Waals surface area contributed by atoms with E-state index in [1.807, 2.05) is 0 Å². The standard InChI is InChI=1S/C17H32N2O/c1-3-9-18-14-8-7-13(2)12-16(14)19-10-11-20-17-6-4-5-15(17)19/h13-18H,3-12H2,1-2H3. The van der Waals surface area contributed by atoms with Crippen LogP contribution in [0.3, 0.4) is 0 Å². The predicted molar refractivity (Wildman–Crippen MR) is 83.0 cm³/mol. The average Bonchev–Trinajstić information content (AvgIpc) is 2.94. The minimum absolute atomic E-state index is 0.535. The van der Waals surface area contributed by atoms with E-state index < -0.39 is 0 Å². The Labute approximate surface area is 124 Å². The van der Waals surface area contributed by atoms with Gasteiger partial charge in [-0.3, -0.25) is 4.90 Å². The number of fused-ring (bicyclic) bond motifs is 1. The fourth-order valence-electron chi connectivity index (χ4n) is 4.65. The van der Waals surface area contributed by atoms with Crippen LogP contribution in [-0.2, 0) is 4.74 Å². The Hall–Kier alpha value is -0.120. The van der Waals surface area contributed by atoms with Crippen molar-refractivity contribution in [3.05, 3.63) is 0 Å². The number of nitrogens with one attached hydrogen (secondary N) is 1. The van der Waals surface area contributed by atoms with E-state index in [4.69, 9.17) is 4.74 Å². The fraction of sp³-hybridized carbons (Fsp3) is 1.00. The highest BCUT2D eigenvalue weighted by Gasteiger charge is 2.42. The number of morpholine rings is 1. The van der Waals surface area contributed by atoms with Crippen molar-refractivity contribution in [2.24, 2.45) is 5.92 Å². The van der Waals surface area contributed by atoms with Crippen LogP contribution in [0.25, 0.3) is 0 Å². The summed E-state index contributed by atoms with van der Waals surface area (Å²) in [5, 5.41) is 3.84. The number of ether oxygens (including phenoxy) is 1. The second kappa shape index (κ2) is 6.76. The first-order valence-electron chi connectivity index (χ1n) is 8.90. The van der Waals surface area contributed by atoms with Crippen molar-refractivity contribution in [1.29, 1.82) is 0 Å². The maximum absolute atomic E-state index is 6.00. The Balaban J connectivity index is 1.69. The first-order valence-corrected chi connectivity index (χ1v) is 8.90. The molecular formula is C17H32N2O. The number of nitrogens with zero attached hydrogens (tertiary/aromatic N) is 1. The van der Waals surface area contributed by atoms with Crippen molar-refractivity contribution < 1.29 is 4.74 Å². The molecule has 0 aromatic heterocycles. The van der Waals surface area contributed by atoms with Gasteiger partial charge in [-0.25, -0.2) is 0 Å². The van der Waals surface area contributed by atoms with Gasteiger partial charge < -0.3 is 10.1 Å². The molecule has 2 aliphatic carbocycles. The van der Waals surface area contributed by atoms with Crippen LogP contribution in [0, 0.1) is 5.92 Å². The molecule has 20 heavy (non-hydrogen) atoms. The normalized spacial score (nSPS) is 42.6. The van der Waals surface area contributed by atoms with E-state index in [0.29, 0.717) is 18.2 Å². The molecule has 5 atom stereocenters. The molecule has 3 aliphatic rings. The zero-order valence-electron chi connectivity index (χ0n) is 13.3. The van der Waals surface area contributed by atoms with Gasteiger partial charge >= 0.3 is 0 Å². The lowest BCUT2D eigenvalue weighted by molar-refractivity contribution is -0.0844. The van der Waals surface area contributed by atoms with Crippen LogP contribution in [0.4, 0.5) is 0 Å². The smallest absolute Gasteiger partial charge is 0.0731 e. The molecule has 1 saturated heterocycles. The third kappa shape index (κ3) is 3.05. The molecule has 3 fully saturated rings. The number of rotatable bonds is 4. The molecule has 0 aromatic carbocycles. The van der Waals surface area contributed by atoms with Gasteiger partial charge in [0.1, 0.15) is 0 Å². The highest BCUT2D eigenvalue weighted by atomic mass is 16.5. The molecule has 1 heterocycles. The van der Waals surface area contributed by atoms with Gasteiger partial charge in [-0.1, -0.05) is 13.8 Å². The Morgan fingerprint density at radius 3 is 2.90 bits per heavy atom. The zero-order valence-corrected chi connectivity index (χ0v) is 13.3. The summed E-state index contributed by atoms with van der Waals surface area (Å²) in [6.45, 7) is 7.99. The molecule has 1 N–H and O–H groups in total. The predicted octanol–water partition coefficient (Wildman–Crippen LogP) is 2.80. The van der Waals surface area contributed by atoms with E-state index in [1.165, 1.54) is 51.5 Å². The maximum atomic E-state index is 6.00. The van der Waals surface area contributed by atoms with E-state index in [9.17, 15) is 0 Å². The van der Waals surface area contributed by atoms with Crippen LogP contribution in [0.1, 0.15) is 58.8 Å². The SMILES string of the molecule is CCCNC1CCC(C)CC1N1CCOC2CCCC21.